The number of hydrogen-bond donors (Lipinski definition) is 2. The summed E-state index contributed by atoms with van der Waals surface area (Å²) in [5.74, 6) is -0.583. The molecule has 3 aliphatic rings. The monoisotopic (exact) mass is 452 g/mol. The Balaban J connectivity index is 2.30. The van der Waals surface area contributed by atoms with Gasteiger partial charge in [-0.05, 0) is 32.9 Å². The summed E-state index contributed by atoms with van der Waals surface area (Å²) in [7, 11) is 1.54. The summed E-state index contributed by atoms with van der Waals surface area (Å²) >= 11 is 0. The van der Waals surface area contributed by atoms with Gasteiger partial charge in [0.05, 0.1) is 25.2 Å². The largest absolute Gasteiger partial charge is 0.445 e. The first-order chi connectivity index (χ1) is 14.9. The molecule has 32 heavy (non-hydrogen) atoms. The van der Waals surface area contributed by atoms with Gasteiger partial charge in [0, 0.05) is 25.6 Å². The number of hydrogen-bond acceptors (Lipinski definition) is 8. The molecule has 0 saturated carbocycles. The van der Waals surface area contributed by atoms with Crippen LogP contribution < -0.4 is 10.6 Å². The van der Waals surface area contributed by atoms with Crippen LogP contribution in [0.1, 0.15) is 34.6 Å². The standard InChI is InChI=1S/C22H36N4O6/c1-15(2)18(28)21(5)12-25(6)19(29)31-9-7-8-10-32-20(30)26-13-22(14-26,24-16(3)4)17(27)11-23-21/h7-8,15-16,23-24H,9-14H2,1-6H3/b8-7+/t21-/m1/s1. The molecule has 2 amide bonds. The van der Waals surface area contributed by atoms with Crippen molar-refractivity contribution in [2.24, 2.45) is 5.92 Å². The summed E-state index contributed by atoms with van der Waals surface area (Å²) in [6.07, 6.45) is 2.05. The number of rotatable bonds is 4. The molecule has 0 aromatic rings. The Bertz CT molecular complexity index is 760. The Morgan fingerprint density at radius 2 is 1.59 bits per heavy atom. The maximum atomic E-state index is 13.3. The molecule has 0 aliphatic carbocycles. The van der Waals surface area contributed by atoms with Gasteiger partial charge in [-0.15, -0.1) is 0 Å². The number of nitrogens with one attached hydrogen (secondary N) is 2. The van der Waals surface area contributed by atoms with Crippen molar-refractivity contribution < 1.29 is 28.7 Å². The molecule has 3 aliphatic heterocycles. The van der Waals surface area contributed by atoms with Crippen molar-refractivity contribution in [3.63, 3.8) is 0 Å². The van der Waals surface area contributed by atoms with Crippen molar-refractivity contribution in [3.05, 3.63) is 12.2 Å². The summed E-state index contributed by atoms with van der Waals surface area (Å²) < 4.78 is 10.4. The molecule has 2 N–H and O–H groups in total. The molecular formula is C22H36N4O6. The van der Waals surface area contributed by atoms with Crippen molar-refractivity contribution >= 4 is 23.8 Å². The fraction of sp³-hybridized carbons (Fsp3) is 0.727. The third kappa shape index (κ3) is 6.07. The summed E-state index contributed by atoms with van der Waals surface area (Å²) in [5.41, 5.74) is -2.07. The Morgan fingerprint density at radius 1 is 1.03 bits per heavy atom. The fourth-order valence-electron chi connectivity index (χ4n) is 4.05. The second-order valence-electron chi connectivity index (χ2n) is 9.35. The van der Waals surface area contributed by atoms with E-state index in [9.17, 15) is 19.2 Å². The zero-order valence-corrected chi connectivity index (χ0v) is 19.9. The van der Waals surface area contributed by atoms with Gasteiger partial charge in [0.2, 0.25) is 0 Å². The van der Waals surface area contributed by atoms with Crippen molar-refractivity contribution in [1.82, 2.24) is 20.4 Å². The molecule has 3 heterocycles. The van der Waals surface area contributed by atoms with Gasteiger partial charge in [-0.25, -0.2) is 9.59 Å². The first kappa shape index (κ1) is 25.8. The average Bonchev–Trinajstić information content (AvgIpc) is 2.69. The number of Topliss-reactive ketones (excluding diaryl/α,β-unsaturated/α-hetero) is 2. The maximum Gasteiger partial charge on any atom is 0.410 e. The Morgan fingerprint density at radius 3 is 2.12 bits per heavy atom. The lowest BCUT2D eigenvalue weighted by atomic mass is 9.83. The van der Waals surface area contributed by atoms with Crippen LogP contribution in [0.25, 0.3) is 0 Å². The summed E-state index contributed by atoms with van der Waals surface area (Å²) in [6, 6.07) is 0.0127. The van der Waals surface area contributed by atoms with E-state index in [1.165, 1.54) is 9.80 Å². The average molecular weight is 453 g/mol. The van der Waals surface area contributed by atoms with Gasteiger partial charge in [0.25, 0.3) is 0 Å². The molecule has 1 fully saturated rings. The minimum Gasteiger partial charge on any atom is -0.445 e. The minimum atomic E-state index is -1.15. The SMILES string of the molecule is CC(C)NC12CN(C1)C(=O)OC/C=C/COC(=O)N(C)C[C@](C)(C(=O)C(C)C)NCC2=O. The topological polar surface area (TPSA) is 117 Å². The highest BCUT2D eigenvalue weighted by Gasteiger charge is 2.52. The van der Waals surface area contributed by atoms with Crippen LogP contribution in [-0.4, -0.2) is 97.1 Å². The van der Waals surface area contributed by atoms with Gasteiger partial charge in [0.15, 0.2) is 11.6 Å². The molecule has 0 aromatic carbocycles. The molecule has 0 spiro atoms. The predicted molar refractivity (Wildman–Crippen MR) is 118 cm³/mol. The highest BCUT2D eigenvalue weighted by atomic mass is 16.6. The molecule has 0 aromatic heterocycles. The first-order valence-electron chi connectivity index (χ1n) is 10.9. The van der Waals surface area contributed by atoms with E-state index in [4.69, 9.17) is 9.47 Å². The van der Waals surface area contributed by atoms with Crippen molar-refractivity contribution in [2.45, 2.75) is 51.7 Å². The molecule has 10 nitrogen and oxygen atoms in total. The van der Waals surface area contributed by atoms with Gasteiger partial charge >= 0.3 is 12.2 Å². The number of likely N-dealkylation sites (N-methyl/N-ethyl adjacent to an activating group) is 1. The van der Waals surface area contributed by atoms with Crippen LogP contribution >= 0.6 is 0 Å². The van der Waals surface area contributed by atoms with Gasteiger partial charge in [-0.1, -0.05) is 13.8 Å². The number of amides is 2. The smallest absolute Gasteiger partial charge is 0.410 e. The predicted octanol–water partition coefficient (Wildman–Crippen LogP) is 0.956. The van der Waals surface area contributed by atoms with Gasteiger partial charge in [-0.3, -0.25) is 20.2 Å². The number of carbonyl (C=O) groups excluding carboxylic acids is 4. The third-order valence-corrected chi connectivity index (χ3v) is 5.62. The van der Waals surface area contributed by atoms with E-state index in [-0.39, 0.29) is 62.9 Å². The van der Waals surface area contributed by atoms with Crippen molar-refractivity contribution in [2.75, 3.05) is 46.4 Å². The highest BCUT2D eigenvalue weighted by Crippen LogP contribution is 2.25. The second-order valence-corrected chi connectivity index (χ2v) is 9.35. The normalized spacial score (nSPS) is 29.3. The van der Waals surface area contributed by atoms with E-state index in [0.29, 0.717) is 0 Å². The van der Waals surface area contributed by atoms with Crippen LogP contribution in [0.3, 0.4) is 0 Å². The lowest BCUT2D eigenvalue weighted by Gasteiger charge is -2.49. The summed E-state index contributed by atoms with van der Waals surface area (Å²) in [5, 5.41) is 6.38. The Kier molecular flexibility index (Phi) is 8.41. The van der Waals surface area contributed by atoms with E-state index < -0.39 is 23.3 Å². The lowest BCUT2D eigenvalue weighted by Crippen LogP contribution is -2.76. The van der Waals surface area contributed by atoms with Crippen LogP contribution in [0.5, 0.6) is 0 Å². The van der Waals surface area contributed by atoms with Gasteiger partial charge < -0.3 is 19.3 Å². The number of fused-ring (bicyclic) bond motifs is 12. The maximum absolute atomic E-state index is 13.3. The minimum absolute atomic E-state index is 0.00656. The van der Waals surface area contributed by atoms with E-state index >= 15 is 0 Å². The Hall–Kier alpha value is -2.46. The molecule has 10 heteroatoms. The zero-order valence-electron chi connectivity index (χ0n) is 19.9. The highest BCUT2D eigenvalue weighted by molar-refractivity contribution is 5.95. The molecule has 3 rings (SSSR count). The van der Waals surface area contributed by atoms with E-state index in [2.05, 4.69) is 10.6 Å². The summed E-state index contributed by atoms with van der Waals surface area (Å²) in [4.78, 5) is 53.7. The first-order valence-corrected chi connectivity index (χ1v) is 10.9. The molecule has 0 unspecified atom stereocenters. The number of ether oxygens (including phenoxy) is 2. The number of ketones is 2. The molecule has 2 bridgehead atoms. The second kappa shape index (κ2) is 10.4. The van der Waals surface area contributed by atoms with E-state index in [1.807, 2.05) is 13.8 Å². The third-order valence-electron chi connectivity index (χ3n) is 5.62. The van der Waals surface area contributed by atoms with Crippen LogP contribution in [0.15, 0.2) is 12.2 Å². The van der Waals surface area contributed by atoms with Crippen LogP contribution in [0.2, 0.25) is 0 Å². The molecular weight excluding hydrogens is 416 g/mol. The van der Waals surface area contributed by atoms with Gasteiger partial charge in [0.1, 0.15) is 18.8 Å². The van der Waals surface area contributed by atoms with Crippen LogP contribution in [-0.2, 0) is 19.1 Å². The van der Waals surface area contributed by atoms with Crippen LogP contribution in [0, 0.1) is 5.92 Å². The lowest BCUT2D eigenvalue weighted by molar-refractivity contribution is -0.133. The quantitative estimate of drug-likeness (QED) is 0.606. The molecule has 1 atom stereocenters. The van der Waals surface area contributed by atoms with E-state index in [1.54, 1.807) is 40.0 Å². The molecule has 180 valence electrons. The molecule has 0 radical (unpaired) electrons. The molecule has 1 saturated heterocycles. The van der Waals surface area contributed by atoms with Gasteiger partial charge in [-0.2, -0.15) is 0 Å². The number of nitrogens with zero attached hydrogens (tertiary/aromatic N) is 2. The zero-order chi connectivity index (χ0) is 24.1. The van der Waals surface area contributed by atoms with Crippen molar-refractivity contribution in [1.29, 1.82) is 0 Å². The van der Waals surface area contributed by atoms with Crippen molar-refractivity contribution in [3.8, 4) is 0 Å². The van der Waals surface area contributed by atoms with Crippen LogP contribution in [0.4, 0.5) is 9.59 Å². The fourth-order valence-corrected chi connectivity index (χ4v) is 4.05. The van der Waals surface area contributed by atoms with E-state index in [0.717, 1.165) is 0 Å². The summed E-state index contributed by atoms with van der Waals surface area (Å²) in [6.45, 7) is 9.45. The number of carbonyl (C=O) groups is 4. The Labute approximate surface area is 189 Å².